The first-order chi connectivity index (χ1) is 13.4. The number of primary amides is 1. The van der Waals surface area contributed by atoms with Crippen LogP contribution in [-0.2, 0) is 15.1 Å². The molecule has 1 aliphatic heterocycles. The summed E-state index contributed by atoms with van der Waals surface area (Å²) in [5, 5.41) is 5.32. The second kappa shape index (κ2) is 7.51. The molecule has 0 radical (unpaired) electrons. The number of carbonyl (C=O) groups is 4. The molecule has 144 valence electrons. The summed E-state index contributed by atoms with van der Waals surface area (Å²) in [6.45, 7) is 1.38. The van der Waals surface area contributed by atoms with Crippen molar-refractivity contribution in [2.24, 2.45) is 5.73 Å². The van der Waals surface area contributed by atoms with E-state index < -0.39 is 35.8 Å². The summed E-state index contributed by atoms with van der Waals surface area (Å²) in [7, 11) is 0. The summed E-state index contributed by atoms with van der Waals surface area (Å²) >= 11 is 0. The quantitative estimate of drug-likeness (QED) is 0.659. The molecule has 2 aromatic rings. The molecule has 1 unspecified atom stereocenters. The summed E-state index contributed by atoms with van der Waals surface area (Å²) in [5.74, 6) is -1.57. The lowest BCUT2D eigenvalue weighted by atomic mass is 9.87. The molecule has 1 saturated heterocycles. The van der Waals surface area contributed by atoms with Gasteiger partial charge >= 0.3 is 6.03 Å². The van der Waals surface area contributed by atoms with Crippen molar-refractivity contribution in [3.63, 3.8) is 0 Å². The highest BCUT2D eigenvalue weighted by atomic mass is 16.2. The number of nitrogens with zero attached hydrogens (tertiary/aromatic N) is 1. The van der Waals surface area contributed by atoms with Crippen LogP contribution in [0.5, 0.6) is 0 Å². The van der Waals surface area contributed by atoms with Crippen LogP contribution in [0.2, 0.25) is 0 Å². The largest absolute Gasteiger partial charge is 0.366 e. The average Bonchev–Trinajstić information content (AvgIpc) is 2.94. The summed E-state index contributed by atoms with van der Waals surface area (Å²) in [4.78, 5) is 49.7. The number of anilines is 1. The van der Waals surface area contributed by atoms with Crippen molar-refractivity contribution in [3.8, 4) is 0 Å². The van der Waals surface area contributed by atoms with Crippen LogP contribution in [0.1, 0.15) is 29.3 Å². The number of imide groups is 1. The van der Waals surface area contributed by atoms with E-state index in [0.717, 1.165) is 4.90 Å². The van der Waals surface area contributed by atoms with E-state index in [1.807, 2.05) is 6.07 Å². The van der Waals surface area contributed by atoms with Crippen LogP contribution in [0.15, 0.2) is 54.6 Å². The van der Waals surface area contributed by atoms with Crippen LogP contribution in [0.4, 0.5) is 10.5 Å². The number of benzene rings is 2. The van der Waals surface area contributed by atoms with Gasteiger partial charge in [-0.3, -0.25) is 19.3 Å². The maximum absolute atomic E-state index is 13.0. The molecule has 8 heteroatoms. The molecule has 0 saturated carbocycles. The van der Waals surface area contributed by atoms with Gasteiger partial charge in [-0.15, -0.1) is 0 Å². The van der Waals surface area contributed by atoms with E-state index in [0.29, 0.717) is 23.2 Å². The van der Waals surface area contributed by atoms with Crippen LogP contribution in [0.25, 0.3) is 0 Å². The lowest BCUT2D eigenvalue weighted by Gasteiger charge is -2.25. The molecule has 5 amide bonds. The van der Waals surface area contributed by atoms with Crippen molar-refractivity contribution in [2.75, 3.05) is 11.9 Å². The number of nitrogens with two attached hydrogens (primary N) is 1. The first kappa shape index (κ1) is 19.1. The first-order valence-corrected chi connectivity index (χ1v) is 8.76. The fourth-order valence-corrected chi connectivity index (χ4v) is 3.19. The Morgan fingerprint density at radius 2 is 1.71 bits per heavy atom. The number of rotatable bonds is 6. The van der Waals surface area contributed by atoms with E-state index in [-0.39, 0.29) is 0 Å². The summed E-state index contributed by atoms with van der Waals surface area (Å²) in [6.07, 6.45) is 0.355. The second-order valence-electron chi connectivity index (χ2n) is 6.44. The van der Waals surface area contributed by atoms with Gasteiger partial charge in [0, 0.05) is 11.3 Å². The minimum atomic E-state index is -1.18. The molecule has 0 bridgehead atoms. The summed E-state index contributed by atoms with van der Waals surface area (Å²) in [6, 6.07) is 14.3. The van der Waals surface area contributed by atoms with Crippen LogP contribution < -0.4 is 16.4 Å². The Hall–Kier alpha value is -3.68. The Morgan fingerprint density at radius 3 is 2.29 bits per heavy atom. The monoisotopic (exact) mass is 380 g/mol. The zero-order valence-electron chi connectivity index (χ0n) is 15.3. The van der Waals surface area contributed by atoms with Gasteiger partial charge < -0.3 is 16.4 Å². The minimum absolute atomic E-state index is 0.308. The molecule has 1 aliphatic rings. The lowest BCUT2D eigenvalue weighted by molar-refractivity contribution is -0.134. The zero-order chi connectivity index (χ0) is 20.3. The lowest BCUT2D eigenvalue weighted by Crippen LogP contribution is -2.44. The molecule has 1 atom stereocenters. The van der Waals surface area contributed by atoms with Crippen molar-refractivity contribution in [1.29, 1.82) is 0 Å². The molecule has 0 aliphatic carbocycles. The number of hydrogen-bond donors (Lipinski definition) is 3. The molecule has 0 spiro atoms. The second-order valence-corrected chi connectivity index (χ2v) is 6.44. The van der Waals surface area contributed by atoms with Gasteiger partial charge in [0.05, 0.1) is 0 Å². The Morgan fingerprint density at radius 1 is 1.07 bits per heavy atom. The molecule has 1 heterocycles. The standard InChI is InChI=1S/C20H20N4O4/c1-2-20(14-6-4-3-5-7-14)18(27)24(19(28)23-20)12-16(25)22-15-10-8-13(9-11-15)17(21)26/h3-11H,2,12H2,1H3,(H2,21,26)(H,22,25)(H,23,28). The van der Waals surface area contributed by atoms with Crippen LogP contribution in [-0.4, -0.2) is 35.2 Å². The fourth-order valence-electron chi connectivity index (χ4n) is 3.19. The van der Waals surface area contributed by atoms with E-state index in [9.17, 15) is 19.2 Å². The number of hydrogen-bond acceptors (Lipinski definition) is 4. The number of carbonyl (C=O) groups excluding carboxylic acids is 4. The van der Waals surface area contributed by atoms with E-state index in [4.69, 9.17) is 5.73 Å². The van der Waals surface area contributed by atoms with Crippen molar-refractivity contribution in [1.82, 2.24) is 10.2 Å². The van der Waals surface area contributed by atoms with Gasteiger partial charge in [-0.05, 0) is 36.2 Å². The zero-order valence-corrected chi connectivity index (χ0v) is 15.3. The minimum Gasteiger partial charge on any atom is -0.366 e. The predicted octanol–water partition coefficient (Wildman–Crippen LogP) is 1.58. The molecule has 0 aromatic heterocycles. The molecule has 2 aromatic carbocycles. The Bertz CT molecular complexity index is 927. The van der Waals surface area contributed by atoms with E-state index in [1.165, 1.54) is 24.3 Å². The van der Waals surface area contributed by atoms with Gasteiger partial charge in [-0.1, -0.05) is 37.3 Å². The molecule has 4 N–H and O–H groups in total. The van der Waals surface area contributed by atoms with E-state index >= 15 is 0 Å². The molecular formula is C20H20N4O4. The van der Waals surface area contributed by atoms with Crippen molar-refractivity contribution in [3.05, 3.63) is 65.7 Å². The highest BCUT2D eigenvalue weighted by Crippen LogP contribution is 2.32. The summed E-state index contributed by atoms with van der Waals surface area (Å²) in [5.41, 5.74) is 5.40. The number of amides is 5. The Balaban J connectivity index is 1.73. The third-order valence-electron chi connectivity index (χ3n) is 4.73. The molecule has 3 rings (SSSR count). The number of urea groups is 1. The smallest absolute Gasteiger partial charge is 0.325 e. The molecule has 28 heavy (non-hydrogen) atoms. The highest BCUT2D eigenvalue weighted by molar-refractivity contribution is 6.10. The van der Waals surface area contributed by atoms with Gasteiger partial charge in [0.15, 0.2) is 0 Å². The van der Waals surface area contributed by atoms with Gasteiger partial charge in [-0.2, -0.15) is 0 Å². The van der Waals surface area contributed by atoms with Crippen molar-refractivity contribution in [2.45, 2.75) is 18.9 Å². The molecule has 8 nitrogen and oxygen atoms in total. The maximum atomic E-state index is 13.0. The first-order valence-electron chi connectivity index (χ1n) is 8.76. The molecular weight excluding hydrogens is 360 g/mol. The topological polar surface area (TPSA) is 122 Å². The Kier molecular flexibility index (Phi) is 5.12. The molecule has 1 fully saturated rings. The highest BCUT2D eigenvalue weighted by Gasteiger charge is 2.51. The van der Waals surface area contributed by atoms with Crippen molar-refractivity contribution >= 4 is 29.4 Å². The van der Waals surface area contributed by atoms with E-state index in [1.54, 1.807) is 31.2 Å². The van der Waals surface area contributed by atoms with Gasteiger partial charge in [0.1, 0.15) is 12.1 Å². The normalized spacial score (nSPS) is 18.7. The summed E-state index contributed by atoms with van der Waals surface area (Å²) < 4.78 is 0. The number of nitrogens with one attached hydrogen (secondary N) is 2. The van der Waals surface area contributed by atoms with Crippen molar-refractivity contribution < 1.29 is 19.2 Å². The third kappa shape index (κ3) is 3.44. The van der Waals surface area contributed by atoms with Crippen LogP contribution >= 0.6 is 0 Å². The SMILES string of the molecule is CCC1(c2ccccc2)NC(=O)N(CC(=O)Nc2ccc(C(N)=O)cc2)C1=O. The van der Waals surface area contributed by atoms with Gasteiger partial charge in [0.25, 0.3) is 5.91 Å². The Labute approximate surface area is 161 Å². The van der Waals surface area contributed by atoms with Gasteiger partial charge in [0.2, 0.25) is 11.8 Å². The maximum Gasteiger partial charge on any atom is 0.325 e. The average molecular weight is 380 g/mol. The van der Waals surface area contributed by atoms with Gasteiger partial charge in [-0.25, -0.2) is 4.79 Å². The van der Waals surface area contributed by atoms with Crippen LogP contribution in [0, 0.1) is 0 Å². The van der Waals surface area contributed by atoms with Crippen LogP contribution in [0.3, 0.4) is 0 Å². The predicted molar refractivity (Wildman–Crippen MR) is 102 cm³/mol. The third-order valence-corrected chi connectivity index (χ3v) is 4.73. The fraction of sp³-hybridized carbons (Fsp3) is 0.200. The van der Waals surface area contributed by atoms with E-state index in [2.05, 4.69) is 10.6 Å².